The highest BCUT2D eigenvalue weighted by atomic mass is 16.5. The summed E-state index contributed by atoms with van der Waals surface area (Å²) in [7, 11) is 4.91. The molecule has 0 aliphatic carbocycles. The van der Waals surface area contributed by atoms with E-state index in [2.05, 4.69) is 15.6 Å². The summed E-state index contributed by atoms with van der Waals surface area (Å²) in [5.41, 5.74) is 1.42. The quantitative estimate of drug-likeness (QED) is 0.437. The van der Waals surface area contributed by atoms with Gasteiger partial charge in [0.2, 0.25) is 0 Å². The van der Waals surface area contributed by atoms with Gasteiger partial charge in [-0.05, 0) is 12.1 Å². The van der Waals surface area contributed by atoms with Crippen LogP contribution in [0.15, 0.2) is 41.2 Å². The van der Waals surface area contributed by atoms with Crippen molar-refractivity contribution in [3.63, 3.8) is 0 Å². The molecule has 0 aromatic heterocycles. The lowest BCUT2D eigenvalue weighted by molar-refractivity contribution is -0.107. The second-order valence-electron chi connectivity index (χ2n) is 4.41. The number of likely N-dealkylation sites (N-methyl/N-ethyl adjacent to an activating group) is 1. The number of aldehydes is 1. The van der Waals surface area contributed by atoms with Crippen LogP contribution >= 0.6 is 0 Å². The molecule has 0 radical (unpaired) electrons. The normalized spacial score (nSPS) is 13.3. The van der Waals surface area contributed by atoms with Gasteiger partial charge < -0.3 is 24.9 Å². The number of hydrogen-bond acceptors (Lipinski definition) is 6. The fourth-order valence-corrected chi connectivity index (χ4v) is 1.81. The molecule has 6 nitrogen and oxygen atoms in total. The Labute approximate surface area is 131 Å². The van der Waals surface area contributed by atoms with Crippen LogP contribution < -0.4 is 15.4 Å². The van der Waals surface area contributed by atoms with Gasteiger partial charge in [-0.1, -0.05) is 13.0 Å². The molecule has 1 rings (SSSR count). The van der Waals surface area contributed by atoms with Crippen molar-refractivity contribution in [2.75, 3.05) is 26.6 Å². The number of aliphatic imine (C=N–C) groups is 1. The molecular weight excluding hydrogens is 282 g/mol. The Bertz CT molecular complexity index is 535. The molecule has 1 unspecified atom stereocenters. The van der Waals surface area contributed by atoms with Gasteiger partial charge in [-0.2, -0.15) is 0 Å². The van der Waals surface area contributed by atoms with E-state index in [1.807, 2.05) is 31.2 Å². The standard InChI is InChI=1S/C16H23N3O3/c1-5-16(22-4)18-10-14(17-2)15(11-20)19-12-7-6-8-13(9-12)21-3/h6-11,15,17,19H,5H2,1-4H3/b14-10-,18-16?. The van der Waals surface area contributed by atoms with Crippen molar-refractivity contribution in [1.82, 2.24) is 5.32 Å². The predicted molar refractivity (Wildman–Crippen MR) is 88.3 cm³/mol. The number of ether oxygens (including phenoxy) is 2. The molecule has 2 N–H and O–H groups in total. The van der Waals surface area contributed by atoms with E-state index in [1.54, 1.807) is 27.5 Å². The molecule has 6 heteroatoms. The molecule has 0 spiro atoms. The van der Waals surface area contributed by atoms with Crippen LogP contribution in [-0.4, -0.2) is 39.5 Å². The first-order valence-electron chi connectivity index (χ1n) is 7.02. The number of rotatable bonds is 8. The van der Waals surface area contributed by atoms with E-state index in [-0.39, 0.29) is 0 Å². The number of nitrogens with zero attached hydrogens (tertiary/aromatic N) is 1. The van der Waals surface area contributed by atoms with Crippen molar-refractivity contribution in [1.29, 1.82) is 0 Å². The smallest absolute Gasteiger partial charge is 0.187 e. The summed E-state index contributed by atoms with van der Waals surface area (Å²) >= 11 is 0. The lowest BCUT2D eigenvalue weighted by Gasteiger charge is -2.17. The zero-order valence-corrected chi connectivity index (χ0v) is 13.4. The summed E-state index contributed by atoms with van der Waals surface area (Å²) in [4.78, 5) is 15.6. The number of carbonyl (C=O) groups excluding carboxylic acids is 1. The summed E-state index contributed by atoms with van der Waals surface area (Å²) in [6.45, 7) is 1.95. The summed E-state index contributed by atoms with van der Waals surface area (Å²) in [5, 5.41) is 6.10. The minimum atomic E-state index is -0.546. The highest BCUT2D eigenvalue weighted by Gasteiger charge is 2.12. The number of anilines is 1. The number of methoxy groups -OCH3 is 2. The van der Waals surface area contributed by atoms with E-state index in [4.69, 9.17) is 9.47 Å². The number of carbonyl (C=O) groups is 1. The second-order valence-corrected chi connectivity index (χ2v) is 4.41. The maximum absolute atomic E-state index is 11.4. The topological polar surface area (TPSA) is 72.0 Å². The van der Waals surface area contributed by atoms with Crippen molar-refractivity contribution in [2.45, 2.75) is 19.4 Å². The van der Waals surface area contributed by atoms with Crippen LogP contribution in [0, 0.1) is 0 Å². The summed E-state index contributed by atoms with van der Waals surface area (Å²) < 4.78 is 10.3. The van der Waals surface area contributed by atoms with Crippen molar-refractivity contribution < 1.29 is 14.3 Å². The van der Waals surface area contributed by atoms with E-state index in [1.165, 1.54) is 0 Å². The van der Waals surface area contributed by atoms with Crippen LogP contribution in [0.4, 0.5) is 5.69 Å². The van der Waals surface area contributed by atoms with E-state index in [0.717, 1.165) is 17.7 Å². The van der Waals surface area contributed by atoms with Gasteiger partial charge >= 0.3 is 0 Å². The average Bonchev–Trinajstić information content (AvgIpc) is 2.57. The molecule has 0 saturated carbocycles. The fourth-order valence-electron chi connectivity index (χ4n) is 1.81. The van der Waals surface area contributed by atoms with Crippen LogP contribution in [0.2, 0.25) is 0 Å². The van der Waals surface area contributed by atoms with Crippen molar-refractivity contribution in [3.8, 4) is 5.75 Å². The Kier molecular flexibility index (Phi) is 7.53. The third kappa shape index (κ3) is 5.12. The van der Waals surface area contributed by atoms with Crippen LogP contribution in [0.25, 0.3) is 0 Å². The summed E-state index contributed by atoms with van der Waals surface area (Å²) in [5.74, 6) is 1.31. The van der Waals surface area contributed by atoms with Crippen LogP contribution in [0.1, 0.15) is 13.3 Å². The molecule has 0 amide bonds. The van der Waals surface area contributed by atoms with Crippen molar-refractivity contribution in [2.24, 2.45) is 4.99 Å². The molecule has 0 aliphatic heterocycles. The monoisotopic (exact) mass is 305 g/mol. The first kappa shape index (κ1) is 17.6. The molecule has 1 atom stereocenters. The third-order valence-electron chi connectivity index (χ3n) is 3.04. The van der Waals surface area contributed by atoms with Gasteiger partial charge in [0.15, 0.2) is 5.90 Å². The summed E-state index contributed by atoms with van der Waals surface area (Å²) in [6.07, 6.45) is 3.09. The molecule has 0 saturated heterocycles. The molecular formula is C16H23N3O3. The maximum atomic E-state index is 11.4. The molecule has 0 aliphatic rings. The Hall–Kier alpha value is -2.50. The largest absolute Gasteiger partial charge is 0.497 e. The minimum absolute atomic E-state index is 0.546. The van der Waals surface area contributed by atoms with Gasteiger partial charge in [-0.25, -0.2) is 4.99 Å². The number of hydrogen-bond donors (Lipinski definition) is 2. The first-order valence-corrected chi connectivity index (χ1v) is 7.02. The fraction of sp³-hybridized carbons (Fsp3) is 0.375. The van der Waals surface area contributed by atoms with Crippen LogP contribution in [0.5, 0.6) is 5.75 Å². The molecule has 1 aromatic carbocycles. The highest BCUT2D eigenvalue weighted by Crippen LogP contribution is 2.18. The van der Waals surface area contributed by atoms with Crippen LogP contribution in [0.3, 0.4) is 0 Å². The van der Waals surface area contributed by atoms with Crippen LogP contribution in [-0.2, 0) is 9.53 Å². The van der Waals surface area contributed by atoms with Gasteiger partial charge in [-0.3, -0.25) is 0 Å². The predicted octanol–water partition coefficient (Wildman–Crippen LogP) is 2.19. The average molecular weight is 305 g/mol. The first-order chi connectivity index (χ1) is 10.7. The second kappa shape index (κ2) is 9.44. The highest BCUT2D eigenvalue weighted by molar-refractivity contribution is 5.76. The molecule has 0 heterocycles. The van der Waals surface area contributed by atoms with Gasteiger partial charge in [-0.15, -0.1) is 0 Å². The molecule has 0 bridgehead atoms. The SMILES string of the molecule is CCC(=N/C=C(\NC)C(C=O)Nc1cccc(OC)c1)OC. The third-order valence-corrected chi connectivity index (χ3v) is 3.04. The Morgan fingerprint density at radius 1 is 1.41 bits per heavy atom. The Morgan fingerprint density at radius 3 is 2.73 bits per heavy atom. The zero-order chi connectivity index (χ0) is 16.4. The molecule has 22 heavy (non-hydrogen) atoms. The summed E-state index contributed by atoms with van der Waals surface area (Å²) in [6, 6.07) is 6.83. The minimum Gasteiger partial charge on any atom is -0.497 e. The van der Waals surface area contributed by atoms with Gasteiger partial charge in [0, 0.05) is 25.2 Å². The Balaban J connectivity index is 2.94. The number of benzene rings is 1. The molecule has 1 aromatic rings. The van der Waals surface area contributed by atoms with Crippen molar-refractivity contribution in [3.05, 3.63) is 36.2 Å². The van der Waals surface area contributed by atoms with Gasteiger partial charge in [0.05, 0.1) is 26.1 Å². The van der Waals surface area contributed by atoms with E-state index < -0.39 is 6.04 Å². The van der Waals surface area contributed by atoms with E-state index >= 15 is 0 Å². The lowest BCUT2D eigenvalue weighted by Crippen LogP contribution is -2.30. The molecule has 120 valence electrons. The van der Waals surface area contributed by atoms with Crippen molar-refractivity contribution >= 4 is 17.9 Å². The van der Waals surface area contributed by atoms with Gasteiger partial charge in [0.1, 0.15) is 18.1 Å². The van der Waals surface area contributed by atoms with E-state index in [0.29, 0.717) is 18.0 Å². The lowest BCUT2D eigenvalue weighted by atomic mass is 10.2. The van der Waals surface area contributed by atoms with E-state index in [9.17, 15) is 4.79 Å². The zero-order valence-electron chi connectivity index (χ0n) is 13.4. The molecule has 0 fully saturated rings. The Morgan fingerprint density at radius 2 is 2.18 bits per heavy atom. The number of nitrogens with one attached hydrogen (secondary N) is 2. The van der Waals surface area contributed by atoms with Gasteiger partial charge in [0.25, 0.3) is 0 Å². The maximum Gasteiger partial charge on any atom is 0.187 e.